The number of aliphatic carboxylic acids is 2. The fraction of sp³-hybridized carbons (Fsp3) is 0.435. The van der Waals surface area contributed by atoms with Crippen LogP contribution >= 0.6 is 0 Å². The molecule has 0 amide bonds. The minimum atomic E-state index is -4.51. The third-order valence-corrected chi connectivity index (χ3v) is 5.29. The van der Waals surface area contributed by atoms with Crippen molar-refractivity contribution in [3.05, 3.63) is 62.7 Å². The third kappa shape index (κ3) is 11.0. The van der Waals surface area contributed by atoms with Gasteiger partial charge in [0.25, 0.3) is 5.56 Å². The molecule has 0 unspecified atom stereocenters. The van der Waals surface area contributed by atoms with E-state index in [2.05, 4.69) is 15.0 Å². The molecular formula is C23H27F4N5O7. The van der Waals surface area contributed by atoms with Crippen LogP contribution in [0.4, 0.5) is 23.2 Å². The Morgan fingerprint density at radius 2 is 1.69 bits per heavy atom. The van der Waals surface area contributed by atoms with Crippen LogP contribution in [0.1, 0.15) is 12.1 Å². The number of piperazine rings is 1. The number of aromatic nitrogens is 3. The molecule has 3 rings (SSSR count). The first-order valence-electron chi connectivity index (χ1n) is 11.5. The first-order valence-corrected chi connectivity index (χ1v) is 11.5. The smallest absolute Gasteiger partial charge is 0.422 e. The molecule has 0 saturated carbocycles. The van der Waals surface area contributed by atoms with E-state index >= 15 is 0 Å². The minimum absolute atomic E-state index is 0.135. The van der Waals surface area contributed by atoms with Crippen LogP contribution in [-0.2, 0) is 16.1 Å². The maximum atomic E-state index is 13.5. The number of carboxylic acid groups (broad SMARTS) is 2. The average Bonchev–Trinajstić information content (AvgIpc) is 2.85. The summed E-state index contributed by atoms with van der Waals surface area (Å²) in [4.78, 5) is 48.5. The Morgan fingerprint density at radius 3 is 2.26 bits per heavy atom. The molecule has 16 heteroatoms. The lowest BCUT2D eigenvalue weighted by molar-refractivity contribution is -0.153. The molecule has 1 fully saturated rings. The largest absolute Gasteiger partial charge is 0.482 e. The summed E-state index contributed by atoms with van der Waals surface area (Å²) in [5.41, 5.74) is -0.416. The highest BCUT2D eigenvalue weighted by atomic mass is 19.4. The summed E-state index contributed by atoms with van der Waals surface area (Å²) in [7, 11) is 0. The highest BCUT2D eigenvalue weighted by Gasteiger charge is 2.29. The summed E-state index contributed by atoms with van der Waals surface area (Å²) in [5, 5.41) is 19.6. The van der Waals surface area contributed by atoms with E-state index in [1.54, 1.807) is 0 Å². The number of nitrogens with zero attached hydrogens (tertiary/aromatic N) is 4. The van der Waals surface area contributed by atoms with E-state index in [9.17, 15) is 36.7 Å². The molecule has 1 aromatic carbocycles. The lowest BCUT2D eigenvalue weighted by Gasteiger charge is -2.36. The zero-order valence-corrected chi connectivity index (χ0v) is 20.8. The van der Waals surface area contributed by atoms with Crippen molar-refractivity contribution in [3.63, 3.8) is 0 Å². The molecule has 3 N–H and O–H groups in total. The fourth-order valence-electron chi connectivity index (χ4n) is 3.50. The number of carboxylic acids is 2. The standard InChI is InChI=1S/C19H23F4N5O3.C4H4O4/c1-13-17(29)24-18(30)28(25-13)6-2-5-26-7-9-27(10-8-26)15-4-3-14(20)11-16(15)31-12-19(21,22)23;5-3(6)1-2-4(7)8/h3-4,11H,2,5-10,12H2,1H3,(H,24,29,30);1-2H,(H,5,6)(H,7,8)/b;2-1+. The number of aromatic amines is 1. The van der Waals surface area contributed by atoms with Gasteiger partial charge in [0.15, 0.2) is 6.61 Å². The van der Waals surface area contributed by atoms with E-state index in [1.165, 1.54) is 23.7 Å². The highest BCUT2D eigenvalue weighted by Crippen LogP contribution is 2.31. The van der Waals surface area contributed by atoms with Crippen molar-refractivity contribution in [3.8, 4) is 5.75 Å². The van der Waals surface area contributed by atoms with Crippen LogP contribution in [0.2, 0.25) is 0 Å². The fourth-order valence-corrected chi connectivity index (χ4v) is 3.50. The number of halogens is 4. The zero-order chi connectivity index (χ0) is 29.2. The van der Waals surface area contributed by atoms with Crippen LogP contribution < -0.4 is 20.9 Å². The number of aryl methyl sites for hydroxylation is 2. The molecule has 1 saturated heterocycles. The maximum Gasteiger partial charge on any atom is 0.422 e. The minimum Gasteiger partial charge on any atom is -0.482 e. The molecule has 0 atom stereocenters. The monoisotopic (exact) mass is 561 g/mol. The van der Waals surface area contributed by atoms with Crippen LogP contribution in [0, 0.1) is 12.7 Å². The maximum absolute atomic E-state index is 13.5. The summed E-state index contributed by atoms with van der Waals surface area (Å²) in [6, 6.07) is 3.58. The van der Waals surface area contributed by atoms with Crippen molar-refractivity contribution in [2.75, 3.05) is 44.2 Å². The molecule has 0 aliphatic carbocycles. The van der Waals surface area contributed by atoms with Crippen molar-refractivity contribution in [2.45, 2.75) is 26.1 Å². The molecule has 0 bridgehead atoms. The topological polar surface area (TPSA) is 158 Å². The molecule has 1 aromatic heterocycles. The number of hydrogen-bond acceptors (Lipinski definition) is 8. The Morgan fingerprint density at radius 1 is 1.08 bits per heavy atom. The Labute approximate surface area is 218 Å². The number of anilines is 1. The van der Waals surface area contributed by atoms with Crippen LogP contribution in [0.3, 0.4) is 0 Å². The van der Waals surface area contributed by atoms with Gasteiger partial charge in [-0.3, -0.25) is 14.7 Å². The van der Waals surface area contributed by atoms with Crippen LogP contribution in [0.5, 0.6) is 5.75 Å². The SMILES string of the molecule is Cc1nn(CCCN2CCN(c3ccc(F)cc3OCC(F)(F)F)CC2)c(=O)[nH]c1=O.O=C(O)/C=C/C(=O)O. The van der Waals surface area contributed by atoms with Gasteiger partial charge in [0.05, 0.1) is 5.69 Å². The van der Waals surface area contributed by atoms with E-state index in [0.717, 1.165) is 6.07 Å². The van der Waals surface area contributed by atoms with Gasteiger partial charge < -0.3 is 19.8 Å². The molecule has 0 spiro atoms. The number of carbonyl (C=O) groups is 2. The number of nitrogens with one attached hydrogen (secondary N) is 1. The van der Waals surface area contributed by atoms with Gasteiger partial charge in [0.2, 0.25) is 0 Å². The Bertz CT molecular complexity index is 1270. The number of benzene rings is 1. The molecule has 2 aromatic rings. The molecule has 2 heterocycles. The van der Waals surface area contributed by atoms with Crippen LogP contribution in [0.25, 0.3) is 0 Å². The van der Waals surface area contributed by atoms with Crippen molar-refractivity contribution in [1.82, 2.24) is 19.7 Å². The van der Waals surface area contributed by atoms with E-state index in [-0.39, 0.29) is 11.4 Å². The molecule has 39 heavy (non-hydrogen) atoms. The third-order valence-electron chi connectivity index (χ3n) is 5.29. The van der Waals surface area contributed by atoms with Gasteiger partial charge in [-0.15, -0.1) is 0 Å². The number of alkyl halides is 3. The van der Waals surface area contributed by atoms with Gasteiger partial charge in [0.1, 0.15) is 17.3 Å². The van der Waals surface area contributed by atoms with Crippen molar-refractivity contribution in [1.29, 1.82) is 0 Å². The van der Waals surface area contributed by atoms with Gasteiger partial charge in [-0.1, -0.05) is 0 Å². The predicted octanol–water partition coefficient (Wildman–Crippen LogP) is 1.24. The second kappa shape index (κ2) is 14.1. The van der Waals surface area contributed by atoms with Gasteiger partial charge in [-0.25, -0.2) is 23.5 Å². The highest BCUT2D eigenvalue weighted by molar-refractivity contribution is 5.89. The quantitative estimate of drug-likeness (QED) is 0.301. The molecule has 12 nitrogen and oxygen atoms in total. The number of rotatable bonds is 9. The van der Waals surface area contributed by atoms with Crippen molar-refractivity contribution in [2.24, 2.45) is 0 Å². The van der Waals surface area contributed by atoms with Crippen molar-refractivity contribution >= 4 is 17.6 Å². The second-order valence-electron chi connectivity index (χ2n) is 8.28. The second-order valence-corrected chi connectivity index (χ2v) is 8.28. The first kappa shape index (κ1) is 31.0. The molecule has 1 aliphatic heterocycles. The summed E-state index contributed by atoms with van der Waals surface area (Å²) >= 11 is 0. The molecule has 1 aliphatic rings. The summed E-state index contributed by atoms with van der Waals surface area (Å²) in [6.45, 7) is 3.42. The molecular weight excluding hydrogens is 534 g/mol. The Kier molecular flexibility index (Phi) is 11.2. The Balaban J connectivity index is 0.000000580. The normalized spacial score (nSPS) is 14.1. The first-order chi connectivity index (χ1) is 18.2. The van der Waals surface area contributed by atoms with Gasteiger partial charge in [-0.05, 0) is 25.5 Å². The van der Waals surface area contributed by atoms with E-state index in [1.807, 2.05) is 4.90 Å². The molecule has 214 valence electrons. The number of H-pyrrole nitrogens is 1. The zero-order valence-electron chi connectivity index (χ0n) is 20.8. The predicted molar refractivity (Wildman–Crippen MR) is 129 cm³/mol. The average molecular weight is 561 g/mol. The Hall–Kier alpha value is -4.21. The summed E-state index contributed by atoms with van der Waals surface area (Å²) in [6.07, 6.45) is -2.76. The van der Waals surface area contributed by atoms with Gasteiger partial charge in [0, 0.05) is 57.5 Å². The van der Waals surface area contributed by atoms with Gasteiger partial charge >= 0.3 is 23.8 Å². The van der Waals surface area contributed by atoms with Gasteiger partial charge in [-0.2, -0.15) is 18.3 Å². The van der Waals surface area contributed by atoms with Crippen LogP contribution in [-0.4, -0.2) is 87.3 Å². The summed E-state index contributed by atoms with van der Waals surface area (Å²) < 4.78 is 57.0. The summed E-state index contributed by atoms with van der Waals surface area (Å²) in [5.74, 6) is -3.31. The number of hydrogen-bond donors (Lipinski definition) is 3. The molecule has 0 radical (unpaired) electrons. The lowest BCUT2D eigenvalue weighted by Crippen LogP contribution is -2.47. The van der Waals surface area contributed by atoms with E-state index < -0.39 is 41.8 Å². The van der Waals surface area contributed by atoms with E-state index in [4.69, 9.17) is 14.9 Å². The van der Waals surface area contributed by atoms with E-state index in [0.29, 0.717) is 63.5 Å². The van der Waals surface area contributed by atoms with Crippen LogP contribution in [0.15, 0.2) is 39.9 Å². The number of ether oxygens (including phenoxy) is 1. The lowest BCUT2D eigenvalue weighted by atomic mass is 10.2. The van der Waals surface area contributed by atoms with Crippen molar-refractivity contribution < 1.29 is 42.1 Å².